The normalized spacial score (nSPS) is 13.5. The lowest BCUT2D eigenvalue weighted by molar-refractivity contribution is 0.0893. The number of carbonyl (C=O) groups excluding carboxylic acids is 1. The summed E-state index contributed by atoms with van der Waals surface area (Å²) in [6.45, 7) is 1.51. The standard InChI is InChI=1S/C33H30FN3O2/c34-27-15-13-25(14-16-27)26-20-32(36-22-26)30-11-4-5-12-31(30)33(38)37-29(21-28-10-6-7-18-35-28)17-19-39-23-24-8-2-1-3-9-24/h1-16,18,20,29H,17,19,21-23H2,(H,37,38). The molecule has 0 spiro atoms. The molecule has 1 atom stereocenters. The number of amides is 1. The van der Waals surface area contributed by atoms with Crippen LogP contribution in [0, 0.1) is 5.82 Å². The van der Waals surface area contributed by atoms with Crippen LogP contribution in [0.2, 0.25) is 0 Å². The molecule has 1 aliphatic rings. The van der Waals surface area contributed by atoms with Gasteiger partial charge in [0, 0.05) is 42.1 Å². The number of carbonyl (C=O) groups is 1. The number of hydrogen-bond donors (Lipinski definition) is 1. The molecule has 5 nitrogen and oxygen atoms in total. The van der Waals surface area contributed by atoms with Crippen molar-refractivity contribution in [2.24, 2.45) is 4.99 Å². The van der Waals surface area contributed by atoms with Crippen molar-refractivity contribution in [3.05, 3.63) is 143 Å². The first-order valence-corrected chi connectivity index (χ1v) is 13.1. The molecule has 0 radical (unpaired) electrons. The van der Waals surface area contributed by atoms with Crippen molar-refractivity contribution in [1.29, 1.82) is 0 Å². The Balaban J connectivity index is 1.29. The molecule has 1 unspecified atom stereocenters. The second kappa shape index (κ2) is 12.9. The molecule has 6 heteroatoms. The number of hydrogen-bond acceptors (Lipinski definition) is 4. The molecule has 0 saturated carbocycles. The number of nitrogens with one attached hydrogen (secondary N) is 1. The summed E-state index contributed by atoms with van der Waals surface area (Å²) in [6.07, 6.45) is 4.98. The maximum atomic E-state index is 13.6. The van der Waals surface area contributed by atoms with E-state index in [1.165, 1.54) is 12.1 Å². The monoisotopic (exact) mass is 519 g/mol. The summed E-state index contributed by atoms with van der Waals surface area (Å²) in [5.41, 5.74) is 6.00. The van der Waals surface area contributed by atoms with Crippen molar-refractivity contribution in [3.63, 3.8) is 0 Å². The van der Waals surface area contributed by atoms with E-state index < -0.39 is 0 Å². The highest BCUT2D eigenvalue weighted by Crippen LogP contribution is 2.24. The van der Waals surface area contributed by atoms with E-state index in [0.717, 1.165) is 33.7 Å². The fourth-order valence-electron chi connectivity index (χ4n) is 4.58. The van der Waals surface area contributed by atoms with Crippen LogP contribution >= 0.6 is 0 Å². The van der Waals surface area contributed by atoms with Crippen molar-refractivity contribution < 1.29 is 13.9 Å². The zero-order valence-corrected chi connectivity index (χ0v) is 21.6. The number of ether oxygens (including phenoxy) is 1. The van der Waals surface area contributed by atoms with Crippen molar-refractivity contribution in [1.82, 2.24) is 10.3 Å². The van der Waals surface area contributed by atoms with Gasteiger partial charge in [-0.2, -0.15) is 0 Å². The van der Waals surface area contributed by atoms with Crippen LogP contribution in [0.15, 0.2) is 114 Å². The first kappa shape index (κ1) is 26.2. The summed E-state index contributed by atoms with van der Waals surface area (Å²) in [4.78, 5) is 22.7. The largest absolute Gasteiger partial charge is 0.377 e. The van der Waals surface area contributed by atoms with E-state index >= 15 is 0 Å². The molecular formula is C33H30FN3O2. The van der Waals surface area contributed by atoms with Gasteiger partial charge in [0.05, 0.1) is 18.9 Å². The molecule has 1 amide bonds. The Morgan fingerprint density at radius 3 is 2.49 bits per heavy atom. The number of rotatable bonds is 11. The molecule has 1 N–H and O–H groups in total. The molecular weight excluding hydrogens is 489 g/mol. The van der Waals surface area contributed by atoms with Gasteiger partial charge < -0.3 is 10.1 Å². The Hall–Kier alpha value is -4.42. The lowest BCUT2D eigenvalue weighted by Crippen LogP contribution is -2.38. The SMILES string of the molecule is O=C(NC(CCOCc1ccccc1)Cc1ccccn1)c1ccccc1C1=NCC(c2ccc(F)cc2)=C1. The zero-order valence-electron chi connectivity index (χ0n) is 21.6. The summed E-state index contributed by atoms with van der Waals surface area (Å²) < 4.78 is 19.3. The second-order valence-electron chi connectivity index (χ2n) is 9.45. The number of pyridine rings is 1. The summed E-state index contributed by atoms with van der Waals surface area (Å²) >= 11 is 0. The van der Waals surface area contributed by atoms with Crippen molar-refractivity contribution in [2.45, 2.75) is 25.5 Å². The van der Waals surface area contributed by atoms with Crippen LogP contribution in [0.25, 0.3) is 5.57 Å². The van der Waals surface area contributed by atoms with Crippen LogP contribution in [0.3, 0.4) is 0 Å². The molecule has 39 heavy (non-hydrogen) atoms. The summed E-state index contributed by atoms with van der Waals surface area (Å²) in [6, 6.07) is 29.6. The molecule has 3 aromatic carbocycles. The summed E-state index contributed by atoms with van der Waals surface area (Å²) in [5.74, 6) is -0.438. The number of nitrogens with zero attached hydrogens (tertiary/aromatic N) is 2. The van der Waals surface area contributed by atoms with Crippen LogP contribution in [0.5, 0.6) is 0 Å². The topological polar surface area (TPSA) is 63.6 Å². The van der Waals surface area contributed by atoms with Crippen molar-refractivity contribution in [2.75, 3.05) is 13.2 Å². The van der Waals surface area contributed by atoms with Gasteiger partial charge in [-0.15, -0.1) is 0 Å². The Labute approximate surface area is 228 Å². The molecule has 0 fully saturated rings. The highest BCUT2D eigenvalue weighted by atomic mass is 19.1. The minimum atomic E-state index is -0.272. The molecule has 4 aromatic rings. The predicted molar refractivity (Wildman–Crippen MR) is 152 cm³/mol. The highest BCUT2D eigenvalue weighted by molar-refractivity contribution is 6.19. The number of benzene rings is 3. The van der Waals surface area contributed by atoms with Gasteiger partial charge in [-0.3, -0.25) is 14.8 Å². The Morgan fingerprint density at radius 2 is 1.69 bits per heavy atom. The quantitative estimate of drug-likeness (QED) is 0.245. The predicted octanol–water partition coefficient (Wildman–Crippen LogP) is 6.06. The van der Waals surface area contributed by atoms with E-state index in [4.69, 9.17) is 4.74 Å². The third-order valence-corrected chi connectivity index (χ3v) is 6.63. The Kier molecular flexibility index (Phi) is 8.66. The number of aliphatic imine (C=N–C) groups is 1. The molecule has 5 rings (SSSR count). The maximum absolute atomic E-state index is 13.6. The summed E-state index contributed by atoms with van der Waals surface area (Å²) in [5, 5.41) is 3.22. The van der Waals surface area contributed by atoms with E-state index in [-0.39, 0.29) is 17.8 Å². The van der Waals surface area contributed by atoms with Gasteiger partial charge in [-0.25, -0.2) is 4.39 Å². The fourth-order valence-corrected chi connectivity index (χ4v) is 4.58. The van der Waals surface area contributed by atoms with Crippen LogP contribution in [-0.2, 0) is 17.8 Å². The lowest BCUT2D eigenvalue weighted by Gasteiger charge is -2.20. The third kappa shape index (κ3) is 7.12. The molecule has 0 saturated heterocycles. The molecule has 0 bridgehead atoms. The number of halogens is 1. The van der Waals surface area contributed by atoms with Gasteiger partial charge in [0.1, 0.15) is 5.82 Å². The third-order valence-electron chi connectivity index (χ3n) is 6.63. The second-order valence-corrected chi connectivity index (χ2v) is 9.45. The van der Waals surface area contributed by atoms with E-state index in [2.05, 4.69) is 15.3 Å². The molecule has 1 aliphatic heterocycles. The number of allylic oxidation sites excluding steroid dienone is 1. The highest BCUT2D eigenvalue weighted by Gasteiger charge is 2.21. The van der Waals surface area contributed by atoms with Crippen LogP contribution in [0.4, 0.5) is 4.39 Å². The maximum Gasteiger partial charge on any atom is 0.252 e. The average Bonchev–Trinajstić information content (AvgIpc) is 3.47. The fraction of sp³-hybridized carbons (Fsp3) is 0.182. The molecule has 1 aromatic heterocycles. The van der Waals surface area contributed by atoms with Crippen molar-refractivity contribution in [3.8, 4) is 0 Å². The van der Waals surface area contributed by atoms with Crippen LogP contribution in [0.1, 0.15) is 39.2 Å². The van der Waals surface area contributed by atoms with Gasteiger partial charge in [-0.05, 0) is 59.5 Å². The Bertz CT molecular complexity index is 1450. The van der Waals surface area contributed by atoms with Crippen LogP contribution in [-0.4, -0.2) is 35.8 Å². The van der Waals surface area contributed by atoms with Gasteiger partial charge >= 0.3 is 0 Å². The first-order valence-electron chi connectivity index (χ1n) is 13.1. The van der Waals surface area contributed by atoms with Gasteiger partial charge in [0.15, 0.2) is 0 Å². The number of aromatic nitrogens is 1. The van der Waals surface area contributed by atoms with Crippen molar-refractivity contribution >= 4 is 17.2 Å². The Morgan fingerprint density at radius 1 is 0.923 bits per heavy atom. The first-order chi connectivity index (χ1) is 19.2. The van der Waals surface area contributed by atoms with Gasteiger partial charge in [0.2, 0.25) is 0 Å². The molecule has 0 aliphatic carbocycles. The van der Waals surface area contributed by atoms with Gasteiger partial charge in [-0.1, -0.05) is 66.7 Å². The smallest absolute Gasteiger partial charge is 0.252 e. The minimum Gasteiger partial charge on any atom is -0.377 e. The zero-order chi connectivity index (χ0) is 26.9. The molecule has 196 valence electrons. The lowest BCUT2D eigenvalue weighted by atomic mass is 9.99. The average molecular weight is 520 g/mol. The van der Waals surface area contributed by atoms with E-state index in [1.807, 2.05) is 78.9 Å². The minimum absolute atomic E-state index is 0.160. The van der Waals surface area contributed by atoms with E-state index in [1.54, 1.807) is 18.3 Å². The van der Waals surface area contributed by atoms with E-state index in [0.29, 0.717) is 38.2 Å². The van der Waals surface area contributed by atoms with Crippen LogP contribution < -0.4 is 5.32 Å². The summed E-state index contributed by atoms with van der Waals surface area (Å²) in [7, 11) is 0. The molecule has 2 heterocycles. The van der Waals surface area contributed by atoms with E-state index in [9.17, 15) is 9.18 Å². The van der Waals surface area contributed by atoms with Gasteiger partial charge in [0.25, 0.3) is 5.91 Å².